The molecular formula is C16H19NO5. The number of ether oxygens (including phenoxy) is 2. The van der Waals surface area contributed by atoms with E-state index in [1.165, 1.54) is 12.0 Å². The van der Waals surface area contributed by atoms with Gasteiger partial charge >= 0.3 is 5.97 Å². The van der Waals surface area contributed by atoms with Crippen LogP contribution >= 0.6 is 0 Å². The van der Waals surface area contributed by atoms with Gasteiger partial charge in [0.2, 0.25) is 0 Å². The number of likely N-dealkylation sites (N-methyl/N-ethyl adjacent to an activating group) is 1. The molecule has 1 unspecified atom stereocenters. The van der Waals surface area contributed by atoms with E-state index < -0.39 is 12.1 Å². The van der Waals surface area contributed by atoms with Crippen molar-refractivity contribution in [1.82, 2.24) is 0 Å². The number of ketones is 1. The average molecular weight is 305 g/mol. The summed E-state index contributed by atoms with van der Waals surface area (Å²) in [5, 5.41) is 0. The largest absolute Gasteiger partial charge is 0.479 e. The lowest BCUT2D eigenvalue weighted by molar-refractivity contribution is -0.140. The number of nitrogens with zero attached hydrogens (tertiary/aromatic N) is 1. The van der Waals surface area contributed by atoms with Gasteiger partial charge in [0.15, 0.2) is 11.9 Å². The summed E-state index contributed by atoms with van der Waals surface area (Å²) in [5.41, 5.74) is 1.80. The van der Waals surface area contributed by atoms with Gasteiger partial charge in [-0.25, -0.2) is 0 Å². The molecule has 2 rings (SSSR count). The maximum absolute atomic E-state index is 12.3. The van der Waals surface area contributed by atoms with Gasteiger partial charge in [-0.2, -0.15) is 0 Å². The molecule has 1 heterocycles. The summed E-state index contributed by atoms with van der Waals surface area (Å²) in [6.07, 6.45) is -0.437. The number of rotatable bonds is 4. The Morgan fingerprint density at radius 3 is 2.64 bits per heavy atom. The summed E-state index contributed by atoms with van der Waals surface area (Å²) in [7, 11) is 2.94. The van der Waals surface area contributed by atoms with E-state index in [-0.39, 0.29) is 24.5 Å². The van der Waals surface area contributed by atoms with Crippen LogP contribution in [0, 0.1) is 6.92 Å². The molecule has 0 radical (unpaired) electrons. The number of Topliss-reactive ketones (excluding diaryl/α,β-unsaturated/α-hetero) is 1. The lowest BCUT2D eigenvalue weighted by Gasteiger charge is -2.31. The highest BCUT2D eigenvalue weighted by Gasteiger charge is 2.30. The molecule has 0 N–H and O–H groups in total. The minimum absolute atomic E-state index is 0.0359. The molecule has 0 aromatic heterocycles. The molecule has 6 heteroatoms. The molecule has 6 nitrogen and oxygen atoms in total. The van der Waals surface area contributed by atoms with Crippen LogP contribution in [-0.2, 0) is 14.3 Å². The second-order valence-electron chi connectivity index (χ2n) is 5.29. The first-order valence-electron chi connectivity index (χ1n) is 7.04. The summed E-state index contributed by atoms with van der Waals surface area (Å²) in [4.78, 5) is 36.9. The third-order valence-corrected chi connectivity index (χ3v) is 3.73. The van der Waals surface area contributed by atoms with Crippen LogP contribution in [0.5, 0.6) is 5.75 Å². The van der Waals surface area contributed by atoms with Crippen molar-refractivity contribution in [2.45, 2.75) is 32.8 Å². The molecule has 1 aliphatic heterocycles. The van der Waals surface area contributed by atoms with Gasteiger partial charge in [0.1, 0.15) is 5.75 Å². The molecule has 1 aliphatic rings. The van der Waals surface area contributed by atoms with Gasteiger partial charge in [-0.1, -0.05) is 0 Å². The molecule has 0 spiro atoms. The molecule has 0 aliphatic carbocycles. The van der Waals surface area contributed by atoms with Gasteiger partial charge in [0.05, 0.1) is 19.2 Å². The Bertz CT molecular complexity index is 638. The highest BCUT2D eigenvalue weighted by atomic mass is 16.5. The summed E-state index contributed by atoms with van der Waals surface area (Å²) >= 11 is 0. The van der Waals surface area contributed by atoms with Crippen molar-refractivity contribution in [3.63, 3.8) is 0 Å². The van der Waals surface area contributed by atoms with Crippen molar-refractivity contribution >= 4 is 23.3 Å². The first-order valence-corrected chi connectivity index (χ1v) is 7.04. The maximum atomic E-state index is 12.3. The third-order valence-electron chi connectivity index (χ3n) is 3.73. The van der Waals surface area contributed by atoms with Crippen LogP contribution in [0.4, 0.5) is 5.69 Å². The number of fused-ring (bicyclic) bond motifs is 1. The van der Waals surface area contributed by atoms with Crippen molar-refractivity contribution in [2.24, 2.45) is 0 Å². The van der Waals surface area contributed by atoms with Gasteiger partial charge in [0.25, 0.3) is 5.91 Å². The number of aryl methyl sites for hydroxylation is 1. The zero-order valence-electron chi connectivity index (χ0n) is 13.1. The molecule has 0 fully saturated rings. The number of carbonyl (C=O) groups is 3. The fourth-order valence-corrected chi connectivity index (χ4v) is 2.41. The van der Waals surface area contributed by atoms with E-state index in [9.17, 15) is 14.4 Å². The predicted molar refractivity (Wildman–Crippen MR) is 80.3 cm³/mol. The Labute approximate surface area is 129 Å². The lowest BCUT2D eigenvalue weighted by atomic mass is 9.99. The molecule has 1 amide bonds. The Kier molecular flexibility index (Phi) is 4.49. The van der Waals surface area contributed by atoms with Crippen molar-refractivity contribution in [2.75, 3.05) is 19.1 Å². The number of benzene rings is 1. The number of carbonyl (C=O) groups excluding carboxylic acids is 3. The van der Waals surface area contributed by atoms with Crippen molar-refractivity contribution in [3.05, 3.63) is 23.3 Å². The molecule has 118 valence electrons. The first-order chi connectivity index (χ1) is 10.3. The summed E-state index contributed by atoms with van der Waals surface area (Å²) < 4.78 is 10.1. The van der Waals surface area contributed by atoms with E-state index in [2.05, 4.69) is 4.74 Å². The van der Waals surface area contributed by atoms with Crippen molar-refractivity contribution < 1.29 is 23.9 Å². The molecule has 1 aromatic carbocycles. The standard InChI is InChI=1S/C16H19NO5/c1-9-7-14-12(17(3)16(20)10(2)22-14)8-11(9)13(18)5-6-15(19)21-4/h7-8,10H,5-6H2,1-4H3. The van der Waals surface area contributed by atoms with E-state index in [4.69, 9.17) is 4.74 Å². The fourth-order valence-electron chi connectivity index (χ4n) is 2.41. The summed E-state index contributed by atoms with van der Waals surface area (Å²) in [5.74, 6) is -0.167. The number of amides is 1. The number of esters is 1. The van der Waals surface area contributed by atoms with Crippen LogP contribution in [-0.4, -0.2) is 37.9 Å². The van der Waals surface area contributed by atoms with Crippen molar-refractivity contribution in [1.29, 1.82) is 0 Å². The number of hydrogen-bond donors (Lipinski definition) is 0. The summed E-state index contributed by atoms with van der Waals surface area (Å²) in [6.45, 7) is 3.49. The van der Waals surface area contributed by atoms with Crippen LogP contribution in [0.3, 0.4) is 0 Å². The van der Waals surface area contributed by atoms with Crippen molar-refractivity contribution in [3.8, 4) is 5.75 Å². The van der Waals surface area contributed by atoms with Crippen LogP contribution in [0.1, 0.15) is 35.7 Å². The SMILES string of the molecule is COC(=O)CCC(=O)c1cc2c(cc1C)OC(C)C(=O)N2C. The quantitative estimate of drug-likeness (QED) is 0.627. The van der Waals surface area contributed by atoms with Gasteiger partial charge in [0, 0.05) is 19.0 Å². The van der Waals surface area contributed by atoms with Crippen LogP contribution in [0.15, 0.2) is 12.1 Å². The molecule has 0 saturated carbocycles. The molecule has 1 atom stereocenters. The van der Waals surface area contributed by atoms with Crippen LogP contribution in [0.25, 0.3) is 0 Å². The van der Waals surface area contributed by atoms with E-state index >= 15 is 0 Å². The van der Waals surface area contributed by atoms with E-state index in [1.54, 1.807) is 33.0 Å². The molecule has 0 bridgehead atoms. The Morgan fingerprint density at radius 2 is 2.00 bits per heavy atom. The Balaban J connectivity index is 2.29. The molecule has 1 aromatic rings. The molecule has 22 heavy (non-hydrogen) atoms. The number of methoxy groups -OCH3 is 1. The van der Waals surface area contributed by atoms with E-state index in [0.717, 1.165) is 5.56 Å². The van der Waals surface area contributed by atoms with E-state index in [1.807, 2.05) is 0 Å². The fraction of sp³-hybridized carbons (Fsp3) is 0.438. The third kappa shape index (κ3) is 2.95. The monoisotopic (exact) mass is 305 g/mol. The second kappa shape index (κ2) is 6.17. The lowest BCUT2D eigenvalue weighted by Crippen LogP contribution is -2.42. The minimum Gasteiger partial charge on any atom is -0.479 e. The number of hydrogen-bond acceptors (Lipinski definition) is 5. The molecule has 0 saturated heterocycles. The predicted octanol–water partition coefficient (Wildman–Crippen LogP) is 1.87. The summed E-state index contributed by atoms with van der Waals surface area (Å²) in [6, 6.07) is 3.40. The van der Waals surface area contributed by atoms with Gasteiger partial charge < -0.3 is 14.4 Å². The Morgan fingerprint density at radius 1 is 1.32 bits per heavy atom. The second-order valence-corrected chi connectivity index (χ2v) is 5.29. The Hall–Kier alpha value is -2.37. The van der Waals surface area contributed by atoms with E-state index in [0.29, 0.717) is 17.0 Å². The van der Waals surface area contributed by atoms with Crippen LogP contribution in [0.2, 0.25) is 0 Å². The zero-order chi connectivity index (χ0) is 16.4. The maximum Gasteiger partial charge on any atom is 0.305 e. The topological polar surface area (TPSA) is 72.9 Å². The smallest absolute Gasteiger partial charge is 0.305 e. The first kappa shape index (κ1) is 16.0. The van der Waals surface area contributed by atoms with Gasteiger partial charge in [-0.05, 0) is 31.5 Å². The number of anilines is 1. The molecular weight excluding hydrogens is 286 g/mol. The van der Waals surface area contributed by atoms with Crippen LogP contribution < -0.4 is 9.64 Å². The minimum atomic E-state index is -0.544. The highest BCUT2D eigenvalue weighted by molar-refractivity contribution is 6.04. The normalized spacial score (nSPS) is 16.8. The van der Waals surface area contributed by atoms with Gasteiger partial charge in [-0.15, -0.1) is 0 Å². The zero-order valence-corrected chi connectivity index (χ0v) is 13.1. The highest BCUT2D eigenvalue weighted by Crippen LogP contribution is 2.36. The average Bonchev–Trinajstić information content (AvgIpc) is 2.49. The van der Waals surface area contributed by atoms with Gasteiger partial charge in [-0.3, -0.25) is 14.4 Å².